The summed E-state index contributed by atoms with van der Waals surface area (Å²) >= 11 is 0. The lowest BCUT2D eigenvalue weighted by atomic mass is 10.0. The van der Waals surface area contributed by atoms with Gasteiger partial charge < -0.3 is 9.88 Å². The molecule has 0 radical (unpaired) electrons. The molecule has 20 heavy (non-hydrogen) atoms. The van der Waals surface area contributed by atoms with Crippen LogP contribution in [0.25, 0.3) is 10.9 Å². The number of nitrogens with zero attached hydrogens (tertiary/aromatic N) is 3. The molecule has 2 aromatic rings. The van der Waals surface area contributed by atoms with Crippen LogP contribution in [0.3, 0.4) is 0 Å². The lowest BCUT2D eigenvalue weighted by Crippen LogP contribution is -2.45. The highest BCUT2D eigenvalue weighted by atomic mass is 15.2. The normalized spacial score (nSPS) is 18.0. The minimum atomic E-state index is 0.202. The molecule has 104 valence electrons. The van der Waals surface area contributed by atoms with E-state index in [9.17, 15) is 5.26 Å². The molecule has 1 saturated heterocycles. The Bertz CT molecular complexity index is 631. The summed E-state index contributed by atoms with van der Waals surface area (Å²) in [5.41, 5.74) is 2.52. The summed E-state index contributed by atoms with van der Waals surface area (Å²) < 4.78 is 2.16. The highest BCUT2D eigenvalue weighted by molar-refractivity contribution is 5.84. The number of aromatic nitrogens is 1. The van der Waals surface area contributed by atoms with Crippen molar-refractivity contribution in [3.8, 4) is 6.07 Å². The van der Waals surface area contributed by atoms with Crippen molar-refractivity contribution >= 4 is 10.9 Å². The van der Waals surface area contributed by atoms with Crippen LogP contribution in [0.4, 0.5) is 0 Å². The Morgan fingerprint density at radius 2 is 2.05 bits per heavy atom. The van der Waals surface area contributed by atoms with E-state index in [1.165, 1.54) is 16.5 Å². The largest absolute Gasteiger partial charge is 0.350 e. The van der Waals surface area contributed by atoms with E-state index >= 15 is 0 Å². The van der Waals surface area contributed by atoms with Gasteiger partial charge >= 0.3 is 0 Å². The zero-order valence-corrected chi connectivity index (χ0v) is 11.8. The van der Waals surface area contributed by atoms with Gasteiger partial charge in [-0.05, 0) is 11.6 Å². The summed E-state index contributed by atoms with van der Waals surface area (Å²) in [7, 11) is 2.08. The minimum absolute atomic E-state index is 0.202. The average Bonchev–Trinajstić information content (AvgIpc) is 2.83. The van der Waals surface area contributed by atoms with Crippen LogP contribution >= 0.6 is 0 Å². The van der Waals surface area contributed by atoms with E-state index in [2.05, 4.69) is 58.4 Å². The molecule has 0 aliphatic carbocycles. The van der Waals surface area contributed by atoms with E-state index in [1.807, 2.05) is 0 Å². The van der Waals surface area contributed by atoms with Crippen molar-refractivity contribution in [3.63, 3.8) is 0 Å². The van der Waals surface area contributed by atoms with Crippen LogP contribution in [0.1, 0.15) is 18.0 Å². The molecule has 3 rings (SSSR count). The summed E-state index contributed by atoms with van der Waals surface area (Å²) in [5, 5.41) is 13.9. The molecule has 1 atom stereocenters. The van der Waals surface area contributed by atoms with Crippen LogP contribution < -0.4 is 5.32 Å². The van der Waals surface area contributed by atoms with Gasteiger partial charge in [-0.3, -0.25) is 4.90 Å². The lowest BCUT2D eigenvalue weighted by Gasteiger charge is -2.33. The molecular formula is C16H20N4. The first-order chi connectivity index (χ1) is 9.81. The van der Waals surface area contributed by atoms with Crippen LogP contribution in [-0.2, 0) is 7.05 Å². The van der Waals surface area contributed by atoms with Crippen LogP contribution in [0.15, 0.2) is 30.5 Å². The first-order valence-corrected chi connectivity index (χ1v) is 7.17. The average molecular weight is 268 g/mol. The second-order valence-corrected chi connectivity index (χ2v) is 5.38. The van der Waals surface area contributed by atoms with Gasteiger partial charge in [-0.25, -0.2) is 0 Å². The number of piperazine rings is 1. The summed E-state index contributed by atoms with van der Waals surface area (Å²) in [5.74, 6) is 0. The standard InChI is InChI=1S/C16H20N4/c1-19-12-14(13-4-2-3-5-15(13)19)16(6-7-17)20-10-8-18-9-11-20/h2-5,12,16,18H,6,8-11H2,1H3/t16-/m1/s1. The molecule has 4 heteroatoms. The second-order valence-electron chi connectivity index (χ2n) is 5.38. The van der Waals surface area contributed by atoms with E-state index in [1.54, 1.807) is 0 Å². The van der Waals surface area contributed by atoms with Gasteiger partial charge in [0.15, 0.2) is 0 Å². The molecule has 1 aliphatic heterocycles. The first kappa shape index (κ1) is 13.2. The number of fused-ring (bicyclic) bond motifs is 1. The first-order valence-electron chi connectivity index (χ1n) is 7.17. The molecule has 1 aromatic heterocycles. The Hall–Kier alpha value is -1.83. The number of para-hydroxylation sites is 1. The predicted octanol–water partition coefficient (Wildman–Crippen LogP) is 2.04. The van der Waals surface area contributed by atoms with Crippen LogP contribution in [0.5, 0.6) is 0 Å². The van der Waals surface area contributed by atoms with Crippen molar-refractivity contribution in [2.24, 2.45) is 7.05 Å². The summed E-state index contributed by atoms with van der Waals surface area (Å²) in [4.78, 5) is 2.43. The molecule has 0 amide bonds. The molecule has 1 N–H and O–H groups in total. The maximum absolute atomic E-state index is 9.21. The molecule has 4 nitrogen and oxygen atoms in total. The van der Waals surface area contributed by atoms with Crippen LogP contribution in [0.2, 0.25) is 0 Å². The van der Waals surface area contributed by atoms with E-state index in [4.69, 9.17) is 0 Å². The third-order valence-electron chi connectivity index (χ3n) is 4.16. The summed E-state index contributed by atoms with van der Waals surface area (Å²) in [6, 6.07) is 11.0. The third kappa shape index (κ3) is 2.31. The molecule has 1 aliphatic rings. The number of nitriles is 1. The van der Waals surface area contributed by atoms with E-state index in [0.29, 0.717) is 6.42 Å². The smallest absolute Gasteiger partial charge is 0.0641 e. The van der Waals surface area contributed by atoms with Gasteiger partial charge in [-0.15, -0.1) is 0 Å². The Morgan fingerprint density at radius 3 is 2.80 bits per heavy atom. The fraction of sp³-hybridized carbons (Fsp3) is 0.438. The van der Waals surface area contributed by atoms with Crippen molar-refractivity contribution < 1.29 is 0 Å². The number of hydrogen-bond donors (Lipinski definition) is 1. The Labute approximate surface area is 119 Å². The Morgan fingerprint density at radius 1 is 1.30 bits per heavy atom. The second kappa shape index (κ2) is 5.66. The molecular weight excluding hydrogens is 248 g/mol. The molecule has 0 bridgehead atoms. The predicted molar refractivity (Wildman–Crippen MR) is 80.3 cm³/mol. The van der Waals surface area contributed by atoms with Crippen LogP contribution in [-0.4, -0.2) is 35.6 Å². The maximum Gasteiger partial charge on any atom is 0.0641 e. The maximum atomic E-state index is 9.21. The Balaban J connectivity index is 2.03. The number of aryl methyl sites for hydroxylation is 1. The van der Waals surface area contributed by atoms with Crippen LogP contribution in [0, 0.1) is 11.3 Å². The SMILES string of the molecule is Cn1cc([C@@H](CC#N)N2CCNCC2)c2ccccc21. The van der Waals surface area contributed by atoms with E-state index < -0.39 is 0 Å². The zero-order valence-electron chi connectivity index (χ0n) is 11.8. The lowest BCUT2D eigenvalue weighted by molar-refractivity contribution is 0.176. The Kier molecular flexibility index (Phi) is 3.72. The van der Waals surface area contributed by atoms with E-state index in [0.717, 1.165) is 26.2 Å². The highest BCUT2D eigenvalue weighted by Crippen LogP contribution is 2.31. The van der Waals surface area contributed by atoms with Gasteiger partial charge in [-0.1, -0.05) is 18.2 Å². The number of hydrogen-bond acceptors (Lipinski definition) is 3. The quantitative estimate of drug-likeness (QED) is 0.926. The molecule has 2 heterocycles. The number of rotatable bonds is 3. The molecule has 1 aromatic carbocycles. The summed E-state index contributed by atoms with van der Waals surface area (Å²) in [6.07, 6.45) is 2.74. The molecule has 0 unspecified atom stereocenters. The van der Waals surface area contributed by atoms with Crippen molar-refractivity contribution in [3.05, 3.63) is 36.0 Å². The fourth-order valence-corrected chi connectivity index (χ4v) is 3.15. The topological polar surface area (TPSA) is 44.0 Å². The van der Waals surface area contributed by atoms with Crippen molar-refractivity contribution in [2.45, 2.75) is 12.5 Å². The zero-order chi connectivity index (χ0) is 13.9. The summed E-state index contributed by atoms with van der Waals surface area (Å²) in [6.45, 7) is 4.03. The molecule has 1 fully saturated rings. The molecule has 0 saturated carbocycles. The monoisotopic (exact) mass is 268 g/mol. The highest BCUT2D eigenvalue weighted by Gasteiger charge is 2.24. The van der Waals surface area contributed by atoms with Gasteiger partial charge in [0.25, 0.3) is 0 Å². The number of nitrogens with one attached hydrogen (secondary N) is 1. The van der Waals surface area contributed by atoms with Gasteiger partial charge in [0.1, 0.15) is 0 Å². The number of benzene rings is 1. The van der Waals surface area contributed by atoms with Crippen molar-refractivity contribution in [1.82, 2.24) is 14.8 Å². The van der Waals surface area contributed by atoms with Gasteiger partial charge in [0, 0.05) is 56.4 Å². The third-order valence-corrected chi connectivity index (χ3v) is 4.16. The van der Waals surface area contributed by atoms with Crippen molar-refractivity contribution in [1.29, 1.82) is 5.26 Å². The van der Waals surface area contributed by atoms with Gasteiger partial charge in [-0.2, -0.15) is 5.26 Å². The van der Waals surface area contributed by atoms with Gasteiger partial charge in [0.05, 0.1) is 12.5 Å². The fourth-order valence-electron chi connectivity index (χ4n) is 3.15. The molecule has 0 spiro atoms. The van der Waals surface area contributed by atoms with Crippen molar-refractivity contribution in [2.75, 3.05) is 26.2 Å². The van der Waals surface area contributed by atoms with E-state index in [-0.39, 0.29) is 6.04 Å². The van der Waals surface area contributed by atoms with Gasteiger partial charge in [0.2, 0.25) is 0 Å². The minimum Gasteiger partial charge on any atom is -0.350 e.